The third-order valence-electron chi connectivity index (χ3n) is 4.06. The van der Waals surface area contributed by atoms with E-state index < -0.39 is 0 Å². The van der Waals surface area contributed by atoms with E-state index in [0.29, 0.717) is 6.61 Å². The van der Waals surface area contributed by atoms with Crippen LogP contribution in [0.1, 0.15) is 25.0 Å². The number of ether oxygens (including phenoxy) is 2. The summed E-state index contributed by atoms with van der Waals surface area (Å²) in [6.07, 6.45) is 0.369. The molecular formula is C20H23NO2S. The van der Waals surface area contributed by atoms with Crippen LogP contribution < -0.4 is 4.74 Å². The zero-order valence-corrected chi connectivity index (χ0v) is 15.0. The minimum atomic E-state index is 0.184. The molecule has 126 valence electrons. The Kier molecular flexibility index (Phi) is 5.48. The molecule has 1 saturated heterocycles. The summed E-state index contributed by atoms with van der Waals surface area (Å²) in [6, 6.07) is 18.2. The number of nitrogens with zero attached hydrogens (tertiary/aromatic N) is 1. The Morgan fingerprint density at radius 1 is 1.04 bits per heavy atom. The highest BCUT2D eigenvalue weighted by molar-refractivity contribution is 7.80. The lowest BCUT2D eigenvalue weighted by Crippen LogP contribution is -2.47. The van der Waals surface area contributed by atoms with E-state index in [1.165, 1.54) is 0 Å². The molecule has 1 heterocycles. The van der Waals surface area contributed by atoms with E-state index in [1.807, 2.05) is 42.5 Å². The van der Waals surface area contributed by atoms with Crippen molar-refractivity contribution in [2.75, 3.05) is 13.1 Å². The van der Waals surface area contributed by atoms with Crippen LogP contribution in [0.3, 0.4) is 0 Å². The molecule has 0 spiro atoms. The molecule has 0 N–H and O–H groups in total. The first kappa shape index (κ1) is 16.9. The SMILES string of the molecule is CC1CN(C(=S)c2ccccc2OCc2ccccc2)CC(C)O1. The van der Waals surface area contributed by atoms with Crippen LogP contribution >= 0.6 is 12.2 Å². The Hall–Kier alpha value is -1.91. The van der Waals surface area contributed by atoms with E-state index >= 15 is 0 Å². The molecule has 0 aromatic heterocycles. The van der Waals surface area contributed by atoms with Gasteiger partial charge in [-0.15, -0.1) is 0 Å². The summed E-state index contributed by atoms with van der Waals surface area (Å²) in [7, 11) is 0. The maximum Gasteiger partial charge on any atom is 0.130 e. The first-order chi connectivity index (χ1) is 11.6. The van der Waals surface area contributed by atoms with Gasteiger partial charge in [0.05, 0.1) is 17.8 Å². The van der Waals surface area contributed by atoms with Crippen LogP contribution in [0.5, 0.6) is 5.75 Å². The van der Waals surface area contributed by atoms with Gasteiger partial charge in [0.1, 0.15) is 17.3 Å². The molecule has 2 aromatic carbocycles. The van der Waals surface area contributed by atoms with E-state index in [0.717, 1.165) is 35.0 Å². The number of morpholine rings is 1. The monoisotopic (exact) mass is 341 g/mol. The Morgan fingerprint density at radius 3 is 2.38 bits per heavy atom. The fourth-order valence-corrected chi connectivity index (χ4v) is 3.34. The lowest BCUT2D eigenvalue weighted by Gasteiger charge is -2.37. The second kappa shape index (κ2) is 7.77. The number of rotatable bonds is 4. The van der Waals surface area contributed by atoms with Crippen molar-refractivity contribution < 1.29 is 9.47 Å². The predicted octanol–water partition coefficient (Wildman–Crippen LogP) is 4.05. The molecule has 0 aliphatic carbocycles. The summed E-state index contributed by atoms with van der Waals surface area (Å²) in [4.78, 5) is 3.06. The van der Waals surface area contributed by atoms with Gasteiger partial charge in [0.15, 0.2) is 0 Å². The number of benzene rings is 2. The number of hydrogen-bond donors (Lipinski definition) is 0. The van der Waals surface area contributed by atoms with E-state index in [-0.39, 0.29) is 12.2 Å². The quantitative estimate of drug-likeness (QED) is 0.782. The van der Waals surface area contributed by atoms with Gasteiger partial charge < -0.3 is 14.4 Å². The Morgan fingerprint density at radius 2 is 1.67 bits per heavy atom. The van der Waals surface area contributed by atoms with Crippen LogP contribution in [0, 0.1) is 0 Å². The maximum absolute atomic E-state index is 6.04. The summed E-state index contributed by atoms with van der Waals surface area (Å²) in [5.41, 5.74) is 2.12. The first-order valence-corrected chi connectivity index (χ1v) is 8.75. The van der Waals surface area contributed by atoms with Crippen LogP contribution in [-0.2, 0) is 11.3 Å². The van der Waals surface area contributed by atoms with Gasteiger partial charge in [0, 0.05) is 13.1 Å². The predicted molar refractivity (Wildman–Crippen MR) is 100 cm³/mol. The van der Waals surface area contributed by atoms with Crippen molar-refractivity contribution in [2.24, 2.45) is 0 Å². The van der Waals surface area contributed by atoms with Gasteiger partial charge in [-0.1, -0.05) is 54.7 Å². The topological polar surface area (TPSA) is 21.7 Å². The van der Waals surface area contributed by atoms with E-state index in [1.54, 1.807) is 0 Å². The van der Waals surface area contributed by atoms with Crippen molar-refractivity contribution in [3.63, 3.8) is 0 Å². The van der Waals surface area contributed by atoms with Crippen LogP contribution in [0.15, 0.2) is 54.6 Å². The Bertz CT molecular complexity index is 679. The summed E-state index contributed by atoms with van der Waals surface area (Å²) in [5, 5.41) is 0. The molecule has 2 unspecified atom stereocenters. The zero-order valence-electron chi connectivity index (χ0n) is 14.1. The minimum absolute atomic E-state index is 0.184. The molecule has 0 saturated carbocycles. The molecule has 4 heteroatoms. The van der Waals surface area contributed by atoms with Gasteiger partial charge in [0.2, 0.25) is 0 Å². The van der Waals surface area contributed by atoms with E-state index in [9.17, 15) is 0 Å². The van der Waals surface area contributed by atoms with Crippen molar-refractivity contribution in [3.8, 4) is 5.75 Å². The summed E-state index contributed by atoms with van der Waals surface area (Å²) in [5.74, 6) is 0.832. The van der Waals surface area contributed by atoms with Crippen LogP contribution in [0.25, 0.3) is 0 Å². The molecule has 2 atom stereocenters. The molecular weight excluding hydrogens is 318 g/mol. The standard InChI is InChI=1S/C20H23NO2S/c1-15-12-21(13-16(2)23-15)20(24)18-10-6-7-11-19(18)22-14-17-8-4-3-5-9-17/h3-11,15-16H,12-14H2,1-2H3. The van der Waals surface area contributed by atoms with Crippen LogP contribution in [0.4, 0.5) is 0 Å². The van der Waals surface area contributed by atoms with Crippen molar-refractivity contribution in [3.05, 3.63) is 65.7 Å². The fourth-order valence-electron chi connectivity index (χ4n) is 3.02. The number of hydrogen-bond acceptors (Lipinski definition) is 3. The smallest absolute Gasteiger partial charge is 0.130 e. The van der Waals surface area contributed by atoms with Crippen molar-refractivity contribution in [1.29, 1.82) is 0 Å². The molecule has 1 aliphatic rings. The van der Waals surface area contributed by atoms with Crippen LogP contribution in [0.2, 0.25) is 0 Å². The second-order valence-electron chi connectivity index (χ2n) is 6.24. The molecule has 24 heavy (non-hydrogen) atoms. The normalized spacial score (nSPS) is 20.7. The van der Waals surface area contributed by atoms with Gasteiger partial charge >= 0.3 is 0 Å². The molecule has 1 aliphatic heterocycles. The van der Waals surface area contributed by atoms with E-state index in [4.69, 9.17) is 21.7 Å². The third-order valence-corrected chi connectivity index (χ3v) is 4.54. The molecule has 1 fully saturated rings. The highest BCUT2D eigenvalue weighted by atomic mass is 32.1. The lowest BCUT2D eigenvalue weighted by atomic mass is 10.1. The fraction of sp³-hybridized carbons (Fsp3) is 0.350. The summed E-state index contributed by atoms with van der Waals surface area (Å²) in [6.45, 7) is 6.34. The molecule has 0 amide bonds. The van der Waals surface area contributed by atoms with Gasteiger partial charge in [0.25, 0.3) is 0 Å². The Labute approximate surface area is 149 Å². The van der Waals surface area contributed by atoms with Gasteiger partial charge in [-0.25, -0.2) is 0 Å². The highest BCUT2D eigenvalue weighted by Crippen LogP contribution is 2.24. The van der Waals surface area contributed by atoms with E-state index in [2.05, 4.69) is 30.9 Å². The molecule has 3 nitrogen and oxygen atoms in total. The first-order valence-electron chi connectivity index (χ1n) is 8.34. The largest absolute Gasteiger partial charge is 0.488 e. The highest BCUT2D eigenvalue weighted by Gasteiger charge is 2.25. The van der Waals surface area contributed by atoms with Gasteiger partial charge in [-0.05, 0) is 31.5 Å². The summed E-state index contributed by atoms with van der Waals surface area (Å²) >= 11 is 5.76. The zero-order chi connectivity index (χ0) is 16.9. The van der Waals surface area contributed by atoms with Gasteiger partial charge in [-0.2, -0.15) is 0 Å². The molecule has 3 rings (SSSR count). The van der Waals surface area contributed by atoms with Gasteiger partial charge in [-0.3, -0.25) is 0 Å². The average Bonchev–Trinajstić information content (AvgIpc) is 2.59. The Balaban J connectivity index is 1.74. The second-order valence-corrected chi connectivity index (χ2v) is 6.62. The van der Waals surface area contributed by atoms with Crippen molar-refractivity contribution >= 4 is 17.2 Å². The van der Waals surface area contributed by atoms with Crippen LogP contribution in [-0.4, -0.2) is 35.2 Å². The molecule has 0 radical (unpaired) electrons. The van der Waals surface area contributed by atoms with Crippen molar-refractivity contribution in [1.82, 2.24) is 4.90 Å². The third kappa shape index (κ3) is 4.13. The molecule has 0 bridgehead atoms. The van der Waals surface area contributed by atoms with Crippen molar-refractivity contribution in [2.45, 2.75) is 32.7 Å². The summed E-state index contributed by atoms with van der Waals surface area (Å²) < 4.78 is 11.8. The minimum Gasteiger partial charge on any atom is -0.488 e. The maximum atomic E-state index is 6.04. The molecule has 2 aromatic rings. The number of thiocarbonyl (C=S) groups is 1. The number of para-hydroxylation sites is 1. The lowest BCUT2D eigenvalue weighted by molar-refractivity contribution is -0.0472. The average molecular weight is 341 g/mol.